The van der Waals surface area contributed by atoms with Crippen LogP contribution in [0.25, 0.3) is 12.2 Å². The molecule has 2 N–H and O–H groups in total. The third-order valence-electron chi connectivity index (χ3n) is 3.96. The molecule has 3 rings (SSSR count). The number of carbonyl (C=O) groups excluding carboxylic acids is 2. The minimum absolute atomic E-state index is 0.119. The van der Waals surface area contributed by atoms with Gasteiger partial charge in [0, 0.05) is 23.9 Å². The third kappa shape index (κ3) is 4.92. The topological polar surface area (TPSA) is 58.2 Å². The summed E-state index contributed by atoms with van der Waals surface area (Å²) in [6, 6.07) is 24.2. The molecule has 0 unspecified atom stereocenters. The molecule has 3 aromatic rings. The molecule has 0 radical (unpaired) electrons. The first-order valence-corrected chi connectivity index (χ1v) is 8.63. The highest BCUT2D eigenvalue weighted by atomic mass is 16.2. The monoisotopic (exact) mass is 356 g/mol. The van der Waals surface area contributed by atoms with E-state index < -0.39 is 0 Å². The molecule has 0 bridgehead atoms. The minimum atomic E-state index is -0.157. The first-order valence-electron chi connectivity index (χ1n) is 8.63. The largest absolute Gasteiger partial charge is 0.326 e. The number of rotatable bonds is 5. The maximum absolute atomic E-state index is 12.4. The van der Waals surface area contributed by atoms with E-state index in [1.807, 2.05) is 78.9 Å². The summed E-state index contributed by atoms with van der Waals surface area (Å²) in [6.07, 6.45) is 3.83. The fourth-order valence-corrected chi connectivity index (χ4v) is 2.67. The molecule has 0 aliphatic carbocycles. The van der Waals surface area contributed by atoms with Crippen LogP contribution in [0, 0.1) is 0 Å². The molecule has 2 amide bonds. The molecule has 4 heteroatoms. The number of nitrogens with one attached hydrogen (secondary N) is 2. The number of anilines is 2. The van der Waals surface area contributed by atoms with Crippen molar-refractivity contribution in [3.8, 4) is 0 Å². The summed E-state index contributed by atoms with van der Waals surface area (Å²) in [6.45, 7) is 1.48. The molecule has 0 fully saturated rings. The first-order chi connectivity index (χ1) is 13.1. The fraction of sp³-hybridized carbons (Fsp3) is 0.0435. The van der Waals surface area contributed by atoms with Gasteiger partial charge in [0.2, 0.25) is 5.91 Å². The average Bonchev–Trinajstić information content (AvgIpc) is 2.68. The van der Waals surface area contributed by atoms with Crippen molar-refractivity contribution in [1.29, 1.82) is 0 Å². The van der Waals surface area contributed by atoms with E-state index in [9.17, 15) is 9.59 Å². The summed E-state index contributed by atoms with van der Waals surface area (Å²) < 4.78 is 0. The van der Waals surface area contributed by atoms with Gasteiger partial charge in [-0.25, -0.2) is 0 Å². The highest BCUT2D eigenvalue weighted by Crippen LogP contribution is 2.22. The van der Waals surface area contributed by atoms with E-state index in [0.717, 1.165) is 22.5 Å². The second kappa shape index (κ2) is 8.63. The van der Waals surface area contributed by atoms with Crippen molar-refractivity contribution in [3.05, 3.63) is 95.6 Å². The van der Waals surface area contributed by atoms with Crippen LogP contribution in [0.2, 0.25) is 0 Å². The van der Waals surface area contributed by atoms with Crippen LogP contribution in [0.3, 0.4) is 0 Å². The second-order valence-electron chi connectivity index (χ2n) is 6.01. The summed E-state index contributed by atoms with van der Waals surface area (Å²) in [5.74, 6) is -0.276. The van der Waals surface area contributed by atoms with Crippen LogP contribution in [0.4, 0.5) is 11.4 Å². The normalized spacial score (nSPS) is 10.6. The van der Waals surface area contributed by atoms with E-state index in [1.54, 1.807) is 12.1 Å². The quantitative estimate of drug-likeness (QED) is 0.627. The van der Waals surface area contributed by atoms with Gasteiger partial charge in [0.15, 0.2) is 0 Å². The molecule has 0 heterocycles. The van der Waals surface area contributed by atoms with Crippen LogP contribution in [0.5, 0.6) is 0 Å². The lowest BCUT2D eigenvalue weighted by Crippen LogP contribution is -2.12. The Morgan fingerprint density at radius 3 is 1.70 bits per heavy atom. The van der Waals surface area contributed by atoms with Crippen molar-refractivity contribution >= 4 is 35.3 Å². The number of amides is 2. The van der Waals surface area contributed by atoms with Crippen LogP contribution < -0.4 is 10.6 Å². The summed E-state index contributed by atoms with van der Waals surface area (Å²) in [5, 5.41) is 5.77. The van der Waals surface area contributed by atoms with Gasteiger partial charge >= 0.3 is 0 Å². The van der Waals surface area contributed by atoms with Crippen molar-refractivity contribution in [2.75, 3.05) is 10.6 Å². The Labute approximate surface area is 158 Å². The van der Waals surface area contributed by atoms with Gasteiger partial charge in [-0.15, -0.1) is 0 Å². The van der Waals surface area contributed by atoms with Crippen molar-refractivity contribution in [1.82, 2.24) is 0 Å². The van der Waals surface area contributed by atoms with Crippen molar-refractivity contribution < 1.29 is 9.59 Å². The minimum Gasteiger partial charge on any atom is -0.326 e. The predicted octanol–water partition coefficient (Wildman–Crippen LogP) is 5.07. The van der Waals surface area contributed by atoms with Crippen LogP contribution in [-0.2, 0) is 4.79 Å². The van der Waals surface area contributed by atoms with Crippen molar-refractivity contribution in [2.45, 2.75) is 6.92 Å². The average molecular weight is 356 g/mol. The van der Waals surface area contributed by atoms with Crippen LogP contribution in [-0.4, -0.2) is 11.8 Å². The lowest BCUT2D eigenvalue weighted by Gasteiger charge is -2.09. The van der Waals surface area contributed by atoms with Gasteiger partial charge in [0.1, 0.15) is 0 Å². The standard InChI is InChI=1S/C23H20N2O2/c1-17(26)24-21-13-7-5-9-18(21)15-16-19-10-6-8-14-22(19)25-23(27)20-11-3-2-4-12-20/h2-16H,1H3,(H,24,26)(H,25,27)/b16-15+. The SMILES string of the molecule is CC(=O)Nc1ccccc1/C=C/c1ccccc1NC(=O)c1ccccc1. The molecule has 0 saturated heterocycles. The van der Waals surface area contributed by atoms with Gasteiger partial charge in [-0.3, -0.25) is 9.59 Å². The Kier molecular flexibility index (Phi) is 5.80. The summed E-state index contributed by atoms with van der Waals surface area (Å²) in [7, 11) is 0. The third-order valence-corrected chi connectivity index (χ3v) is 3.96. The molecule has 0 aliphatic rings. The van der Waals surface area contributed by atoms with E-state index in [1.165, 1.54) is 6.92 Å². The summed E-state index contributed by atoms with van der Waals surface area (Å²) >= 11 is 0. The van der Waals surface area contributed by atoms with E-state index in [-0.39, 0.29) is 11.8 Å². The van der Waals surface area contributed by atoms with E-state index in [4.69, 9.17) is 0 Å². The predicted molar refractivity (Wildman–Crippen MR) is 111 cm³/mol. The Hall–Kier alpha value is -3.66. The maximum Gasteiger partial charge on any atom is 0.255 e. The molecule has 0 aliphatic heterocycles. The highest BCUT2D eigenvalue weighted by molar-refractivity contribution is 6.05. The zero-order valence-corrected chi connectivity index (χ0v) is 15.0. The van der Waals surface area contributed by atoms with Gasteiger partial charge in [0.05, 0.1) is 0 Å². The number of hydrogen-bond acceptors (Lipinski definition) is 2. The van der Waals surface area contributed by atoms with Gasteiger partial charge in [-0.1, -0.05) is 66.7 Å². The molecule has 3 aromatic carbocycles. The summed E-state index contributed by atoms with van der Waals surface area (Å²) in [5.41, 5.74) is 3.83. The van der Waals surface area contributed by atoms with Crippen LogP contribution in [0.1, 0.15) is 28.4 Å². The van der Waals surface area contributed by atoms with Gasteiger partial charge < -0.3 is 10.6 Å². The molecule has 0 saturated carbocycles. The number of carbonyl (C=O) groups is 2. The lowest BCUT2D eigenvalue weighted by molar-refractivity contribution is -0.114. The van der Waals surface area contributed by atoms with E-state index in [0.29, 0.717) is 5.56 Å². The molecular formula is C23H20N2O2. The second-order valence-corrected chi connectivity index (χ2v) is 6.01. The Balaban J connectivity index is 1.84. The van der Waals surface area contributed by atoms with E-state index in [2.05, 4.69) is 10.6 Å². The zero-order chi connectivity index (χ0) is 19.1. The Bertz CT molecular complexity index is 978. The van der Waals surface area contributed by atoms with Crippen LogP contribution >= 0.6 is 0 Å². The number of para-hydroxylation sites is 2. The molecule has 0 atom stereocenters. The van der Waals surface area contributed by atoms with Gasteiger partial charge in [-0.2, -0.15) is 0 Å². The maximum atomic E-state index is 12.4. The Morgan fingerprint density at radius 2 is 1.15 bits per heavy atom. The molecule has 4 nitrogen and oxygen atoms in total. The fourth-order valence-electron chi connectivity index (χ4n) is 2.67. The molecular weight excluding hydrogens is 336 g/mol. The zero-order valence-electron chi connectivity index (χ0n) is 15.0. The molecule has 0 spiro atoms. The molecule has 27 heavy (non-hydrogen) atoms. The smallest absolute Gasteiger partial charge is 0.255 e. The Morgan fingerprint density at radius 1 is 0.667 bits per heavy atom. The number of benzene rings is 3. The highest BCUT2D eigenvalue weighted by Gasteiger charge is 2.07. The van der Waals surface area contributed by atoms with Crippen molar-refractivity contribution in [3.63, 3.8) is 0 Å². The lowest BCUT2D eigenvalue weighted by atomic mass is 10.1. The van der Waals surface area contributed by atoms with Gasteiger partial charge in [-0.05, 0) is 35.4 Å². The van der Waals surface area contributed by atoms with Crippen molar-refractivity contribution in [2.24, 2.45) is 0 Å². The molecule has 134 valence electrons. The molecule has 0 aromatic heterocycles. The van der Waals surface area contributed by atoms with Gasteiger partial charge in [0.25, 0.3) is 5.91 Å². The first kappa shape index (κ1) is 18.1. The summed E-state index contributed by atoms with van der Waals surface area (Å²) in [4.78, 5) is 23.8. The number of hydrogen-bond donors (Lipinski definition) is 2. The van der Waals surface area contributed by atoms with E-state index >= 15 is 0 Å². The van der Waals surface area contributed by atoms with Crippen LogP contribution in [0.15, 0.2) is 78.9 Å².